The van der Waals surface area contributed by atoms with Crippen molar-refractivity contribution in [2.75, 3.05) is 0 Å². The molecule has 6 nitrogen and oxygen atoms in total. The number of aliphatic carboxylic acids is 1. The molecule has 0 aromatic heterocycles. The van der Waals surface area contributed by atoms with Gasteiger partial charge in [0.15, 0.2) is 8.32 Å². The lowest BCUT2D eigenvalue weighted by Crippen LogP contribution is -2.49. The Morgan fingerprint density at radius 1 is 1.03 bits per heavy atom. The summed E-state index contributed by atoms with van der Waals surface area (Å²) in [6.45, 7) is 15.1. The van der Waals surface area contributed by atoms with Crippen LogP contribution in [0.1, 0.15) is 71.6 Å². The molecule has 1 amide bonds. The standard InChI is InChI=1S/C23H36F3NO5Si/c1-21(2,3)31-20(30)27-17(13-14-18(28)29)19(32-33(7,8)22(4,5)6)15-9-11-16(12-10-15)23(24,25)26/h9-12,17,19H,13-14H2,1-8H3,(H,27,30)(H,28,29). The highest BCUT2D eigenvalue weighted by atomic mass is 28.4. The normalized spacial score (nSPS) is 15.0. The molecule has 1 aromatic carbocycles. The van der Waals surface area contributed by atoms with E-state index in [0.29, 0.717) is 5.56 Å². The number of alkyl carbamates (subject to hydrolysis) is 1. The van der Waals surface area contributed by atoms with Crippen molar-refractivity contribution < 1.29 is 37.0 Å². The molecule has 1 rings (SSSR count). The van der Waals surface area contributed by atoms with E-state index >= 15 is 0 Å². The smallest absolute Gasteiger partial charge is 0.416 e. The van der Waals surface area contributed by atoms with Crippen molar-refractivity contribution >= 4 is 20.4 Å². The van der Waals surface area contributed by atoms with Gasteiger partial charge >= 0.3 is 18.2 Å². The summed E-state index contributed by atoms with van der Waals surface area (Å²) in [6, 6.07) is 3.70. The summed E-state index contributed by atoms with van der Waals surface area (Å²) in [5.41, 5.74) is -1.18. The van der Waals surface area contributed by atoms with Crippen molar-refractivity contribution in [3.63, 3.8) is 0 Å². The van der Waals surface area contributed by atoms with Gasteiger partial charge in [-0.3, -0.25) is 4.79 Å². The zero-order valence-electron chi connectivity index (χ0n) is 20.6. The quantitative estimate of drug-likeness (QED) is 0.404. The van der Waals surface area contributed by atoms with Crippen LogP contribution >= 0.6 is 0 Å². The van der Waals surface area contributed by atoms with Crippen LogP contribution in [0, 0.1) is 0 Å². The van der Waals surface area contributed by atoms with E-state index in [-0.39, 0.29) is 17.9 Å². The average molecular weight is 492 g/mol. The van der Waals surface area contributed by atoms with Gasteiger partial charge in [0.2, 0.25) is 0 Å². The molecule has 2 atom stereocenters. The molecule has 188 valence electrons. The fourth-order valence-electron chi connectivity index (χ4n) is 2.78. The molecule has 33 heavy (non-hydrogen) atoms. The van der Waals surface area contributed by atoms with Crippen molar-refractivity contribution in [1.29, 1.82) is 0 Å². The molecule has 10 heteroatoms. The number of benzene rings is 1. The molecule has 0 spiro atoms. The van der Waals surface area contributed by atoms with Gasteiger partial charge in [0.25, 0.3) is 0 Å². The van der Waals surface area contributed by atoms with Crippen LogP contribution in [0.15, 0.2) is 24.3 Å². The molecule has 0 saturated carbocycles. The largest absolute Gasteiger partial charge is 0.481 e. The number of carbonyl (C=O) groups excluding carboxylic acids is 1. The first kappa shape index (κ1) is 29.0. The van der Waals surface area contributed by atoms with Gasteiger partial charge in [-0.05, 0) is 63.0 Å². The Bertz CT molecular complexity index is 811. The maximum atomic E-state index is 13.1. The SMILES string of the molecule is CC(C)(C)OC(=O)NC(CCC(=O)O)C(O[Si](C)(C)C(C)(C)C)c1ccc(C(F)(F)F)cc1. The van der Waals surface area contributed by atoms with Crippen LogP contribution in [0.4, 0.5) is 18.0 Å². The van der Waals surface area contributed by atoms with E-state index in [4.69, 9.17) is 9.16 Å². The first-order valence-electron chi connectivity index (χ1n) is 10.8. The van der Waals surface area contributed by atoms with E-state index in [2.05, 4.69) is 5.32 Å². The molecular weight excluding hydrogens is 455 g/mol. The molecule has 0 radical (unpaired) electrons. The summed E-state index contributed by atoms with van der Waals surface area (Å²) < 4.78 is 51.1. The van der Waals surface area contributed by atoms with Crippen LogP contribution < -0.4 is 5.32 Å². The highest BCUT2D eigenvalue weighted by molar-refractivity contribution is 6.74. The Hall–Kier alpha value is -2.07. The third-order valence-corrected chi connectivity index (χ3v) is 9.99. The molecule has 0 aliphatic carbocycles. The number of carbonyl (C=O) groups is 2. The predicted octanol–water partition coefficient (Wildman–Crippen LogP) is 6.53. The molecule has 0 heterocycles. The number of rotatable bonds is 8. The molecule has 0 bridgehead atoms. The van der Waals surface area contributed by atoms with E-state index in [1.165, 1.54) is 12.1 Å². The first-order chi connectivity index (χ1) is 14.7. The van der Waals surface area contributed by atoms with Crippen molar-refractivity contribution in [2.45, 2.75) is 96.4 Å². The Morgan fingerprint density at radius 3 is 1.94 bits per heavy atom. The minimum Gasteiger partial charge on any atom is -0.481 e. The summed E-state index contributed by atoms with van der Waals surface area (Å²) in [7, 11) is -2.48. The number of carboxylic acids is 1. The third-order valence-electron chi connectivity index (χ3n) is 5.53. The number of halogens is 3. The monoisotopic (exact) mass is 491 g/mol. The van der Waals surface area contributed by atoms with Gasteiger partial charge in [-0.2, -0.15) is 13.2 Å². The molecule has 0 aliphatic rings. The van der Waals surface area contributed by atoms with Crippen LogP contribution in [-0.2, 0) is 20.1 Å². The van der Waals surface area contributed by atoms with Crippen molar-refractivity contribution in [3.05, 3.63) is 35.4 Å². The zero-order valence-corrected chi connectivity index (χ0v) is 21.6. The van der Waals surface area contributed by atoms with Crippen LogP contribution in [0.3, 0.4) is 0 Å². The van der Waals surface area contributed by atoms with Crippen molar-refractivity contribution in [2.24, 2.45) is 0 Å². The molecule has 0 saturated heterocycles. The minimum absolute atomic E-state index is 0.00882. The Labute approximate surface area is 195 Å². The fourth-order valence-corrected chi connectivity index (χ4v) is 4.06. The second kappa shape index (κ2) is 10.5. The number of alkyl halides is 3. The number of ether oxygens (including phenoxy) is 1. The number of amides is 1. The summed E-state index contributed by atoms with van der Waals surface area (Å²) in [4.78, 5) is 23.8. The summed E-state index contributed by atoms with van der Waals surface area (Å²) in [6.07, 6.45) is -6.37. The molecule has 0 aliphatic heterocycles. The van der Waals surface area contributed by atoms with Crippen LogP contribution in [0.2, 0.25) is 18.1 Å². The van der Waals surface area contributed by atoms with Crippen molar-refractivity contribution in [3.8, 4) is 0 Å². The Kier molecular flexibility index (Phi) is 9.18. The van der Waals surface area contributed by atoms with Crippen LogP contribution in [0.25, 0.3) is 0 Å². The lowest BCUT2D eigenvalue weighted by molar-refractivity contribution is -0.138. The number of carboxylic acid groups (broad SMARTS) is 1. The predicted molar refractivity (Wildman–Crippen MR) is 122 cm³/mol. The second-order valence-corrected chi connectivity index (χ2v) is 15.4. The van der Waals surface area contributed by atoms with Gasteiger partial charge < -0.3 is 19.6 Å². The highest BCUT2D eigenvalue weighted by Gasteiger charge is 2.42. The summed E-state index contributed by atoms with van der Waals surface area (Å²) in [5.74, 6) is -1.07. The second-order valence-electron chi connectivity index (χ2n) is 10.6. The average Bonchev–Trinajstić information content (AvgIpc) is 2.60. The minimum atomic E-state index is -4.49. The van der Waals surface area contributed by atoms with Gasteiger partial charge in [0.1, 0.15) is 5.60 Å². The number of hydrogen-bond donors (Lipinski definition) is 2. The fraction of sp³-hybridized carbons (Fsp3) is 0.652. The van der Waals surface area contributed by atoms with Gasteiger partial charge in [-0.15, -0.1) is 0 Å². The van der Waals surface area contributed by atoms with Crippen LogP contribution in [-0.4, -0.2) is 37.1 Å². The van der Waals surface area contributed by atoms with Crippen LogP contribution in [0.5, 0.6) is 0 Å². The first-order valence-corrected chi connectivity index (χ1v) is 13.7. The van der Waals surface area contributed by atoms with Gasteiger partial charge in [-0.25, -0.2) is 4.79 Å². The lowest BCUT2D eigenvalue weighted by atomic mass is 9.97. The molecule has 2 N–H and O–H groups in total. The third kappa shape index (κ3) is 9.36. The molecule has 0 fully saturated rings. The molecular formula is C23H36F3NO5Si. The maximum absolute atomic E-state index is 13.1. The lowest BCUT2D eigenvalue weighted by Gasteiger charge is -2.42. The maximum Gasteiger partial charge on any atom is 0.416 e. The van der Waals surface area contributed by atoms with Crippen molar-refractivity contribution in [1.82, 2.24) is 5.32 Å². The Morgan fingerprint density at radius 2 is 1.55 bits per heavy atom. The van der Waals surface area contributed by atoms with Gasteiger partial charge in [0.05, 0.1) is 17.7 Å². The summed E-state index contributed by atoms with van der Waals surface area (Å²) in [5, 5.41) is 11.7. The molecule has 2 unspecified atom stereocenters. The highest BCUT2D eigenvalue weighted by Crippen LogP contribution is 2.41. The zero-order chi connectivity index (χ0) is 25.8. The van der Waals surface area contributed by atoms with E-state index in [9.17, 15) is 27.9 Å². The number of nitrogens with one attached hydrogen (secondary N) is 1. The van der Waals surface area contributed by atoms with E-state index in [1.807, 2.05) is 33.9 Å². The van der Waals surface area contributed by atoms with Gasteiger partial charge in [0, 0.05) is 6.42 Å². The molecule has 1 aromatic rings. The topological polar surface area (TPSA) is 84.9 Å². The van der Waals surface area contributed by atoms with E-state index in [1.54, 1.807) is 20.8 Å². The van der Waals surface area contributed by atoms with E-state index in [0.717, 1.165) is 12.1 Å². The Balaban J connectivity index is 3.44. The van der Waals surface area contributed by atoms with E-state index < -0.39 is 49.9 Å². The summed E-state index contributed by atoms with van der Waals surface area (Å²) >= 11 is 0. The number of hydrogen-bond acceptors (Lipinski definition) is 4. The van der Waals surface area contributed by atoms with Gasteiger partial charge in [-0.1, -0.05) is 32.9 Å².